The van der Waals surface area contributed by atoms with E-state index in [0.717, 1.165) is 0 Å². The van der Waals surface area contributed by atoms with Crippen molar-refractivity contribution in [2.24, 2.45) is 5.41 Å². The molecule has 1 fully saturated rings. The topological polar surface area (TPSA) is 71.5 Å². The van der Waals surface area contributed by atoms with Gasteiger partial charge in [-0.05, 0) is 6.92 Å². The summed E-state index contributed by atoms with van der Waals surface area (Å²) in [6.45, 7) is 2.23. The van der Waals surface area contributed by atoms with Gasteiger partial charge < -0.3 is 15.2 Å². The first-order valence-electron chi connectivity index (χ1n) is 4.71. The Kier molecular flexibility index (Phi) is 3.05. The van der Waals surface area contributed by atoms with Gasteiger partial charge in [0.2, 0.25) is 0 Å². The van der Waals surface area contributed by atoms with E-state index in [2.05, 4.69) is 10.3 Å². The average Bonchev–Trinajstić information content (AvgIpc) is 2.76. The molecule has 1 aromatic rings. The quantitative estimate of drug-likeness (QED) is 0.868. The van der Waals surface area contributed by atoms with Crippen molar-refractivity contribution in [1.29, 1.82) is 0 Å². The van der Waals surface area contributed by atoms with Crippen molar-refractivity contribution in [1.82, 2.24) is 4.98 Å². The molecule has 16 heavy (non-hydrogen) atoms. The van der Waals surface area contributed by atoms with Crippen molar-refractivity contribution in [2.75, 3.05) is 18.5 Å². The summed E-state index contributed by atoms with van der Waals surface area (Å²) in [5, 5.41) is 14.9. The van der Waals surface area contributed by atoms with Crippen LogP contribution in [-0.2, 0) is 9.53 Å². The maximum absolute atomic E-state index is 11.2. The molecule has 7 heteroatoms. The Balaban J connectivity index is 2.12. The maximum Gasteiger partial charge on any atom is 0.313 e. The molecule has 1 aliphatic heterocycles. The molecule has 1 aliphatic rings. The number of thiazole rings is 1. The van der Waals surface area contributed by atoms with Crippen LogP contribution in [0.4, 0.5) is 5.13 Å². The number of aromatic nitrogens is 1. The highest BCUT2D eigenvalue weighted by molar-refractivity contribution is 7.14. The van der Waals surface area contributed by atoms with Crippen LogP contribution in [0.15, 0.2) is 5.38 Å². The number of hydrogen-bond donors (Lipinski definition) is 2. The van der Waals surface area contributed by atoms with Crippen LogP contribution in [0.3, 0.4) is 0 Å². The number of carbonyl (C=O) groups is 1. The Morgan fingerprint density at radius 3 is 3.19 bits per heavy atom. The van der Waals surface area contributed by atoms with Crippen molar-refractivity contribution < 1.29 is 14.6 Å². The summed E-state index contributed by atoms with van der Waals surface area (Å²) in [5.74, 6) is -0.870. The van der Waals surface area contributed by atoms with Gasteiger partial charge in [0, 0.05) is 5.38 Å². The highest BCUT2D eigenvalue weighted by atomic mass is 35.5. The van der Waals surface area contributed by atoms with Crippen LogP contribution in [0.25, 0.3) is 0 Å². The Morgan fingerprint density at radius 2 is 2.62 bits per heavy atom. The second kappa shape index (κ2) is 4.20. The maximum atomic E-state index is 11.2. The van der Waals surface area contributed by atoms with E-state index in [0.29, 0.717) is 16.9 Å². The molecular weight excluding hydrogens is 252 g/mol. The van der Waals surface area contributed by atoms with Crippen molar-refractivity contribution in [3.8, 4) is 0 Å². The highest BCUT2D eigenvalue weighted by Crippen LogP contribution is 2.32. The van der Waals surface area contributed by atoms with Crippen LogP contribution >= 0.6 is 22.9 Å². The van der Waals surface area contributed by atoms with E-state index in [9.17, 15) is 4.79 Å². The first-order valence-corrected chi connectivity index (χ1v) is 5.97. The van der Waals surface area contributed by atoms with E-state index < -0.39 is 11.4 Å². The Morgan fingerprint density at radius 1 is 1.88 bits per heavy atom. The standard InChI is InChI=1S/C9H11ClN2O3S/c1-9(7(13)14)4-15-2-5(9)11-8-12-6(10)3-16-8/h3,5H,2,4H2,1H3,(H,11,12)(H,13,14). The molecule has 0 aromatic carbocycles. The van der Waals surface area contributed by atoms with Crippen molar-refractivity contribution in [3.05, 3.63) is 10.5 Å². The van der Waals surface area contributed by atoms with Crippen LogP contribution in [0.1, 0.15) is 6.92 Å². The van der Waals surface area contributed by atoms with Gasteiger partial charge in [-0.1, -0.05) is 11.6 Å². The van der Waals surface area contributed by atoms with Gasteiger partial charge >= 0.3 is 5.97 Å². The molecule has 2 unspecified atom stereocenters. The molecule has 0 radical (unpaired) electrons. The van der Waals surface area contributed by atoms with Gasteiger partial charge in [-0.15, -0.1) is 11.3 Å². The van der Waals surface area contributed by atoms with Gasteiger partial charge in [0.25, 0.3) is 0 Å². The van der Waals surface area contributed by atoms with Crippen molar-refractivity contribution in [3.63, 3.8) is 0 Å². The lowest BCUT2D eigenvalue weighted by Crippen LogP contribution is -2.43. The zero-order valence-electron chi connectivity index (χ0n) is 8.57. The number of rotatable bonds is 3. The van der Waals surface area contributed by atoms with Gasteiger partial charge in [-0.3, -0.25) is 4.79 Å². The largest absolute Gasteiger partial charge is 0.481 e. The third-order valence-corrected chi connectivity index (χ3v) is 3.81. The van der Waals surface area contributed by atoms with E-state index >= 15 is 0 Å². The van der Waals surface area contributed by atoms with Crippen LogP contribution in [0, 0.1) is 5.41 Å². The smallest absolute Gasteiger partial charge is 0.313 e. The molecule has 2 atom stereocenters. The molecule has 0 aliphatic carbocycles. The first kappa shape index (κ1) is 11.6. The summed E-state index contributed by atoms with van der Waals surface area (Å²) < 4.78 is 5.21. The van der Waals surface area contributed by atoms with Crippen LogP contribution < -0.4 is 5.32 Å². The van der Waals surface area contributed by atoms with E-state index in [1.54, 1.807) is 12.3 Å². The molecule has 2 heterocycles. The Bertz CT molecular complexity index is 411. The summed E-state index contributed by atoms with van der Waals surface area (Å²) in [6, 6.07) is -0.285. The molecular formula is C9H11ClN2O3S. The predicted molar refractivity (Wildman–Crippen MR) is 61.1 cm³/mol. The minimum absolute atomic E-state index is 0.207. The lowest BCUT2D eigenvalue weighted by molar-refractivity contribution is -0.148. The van der Waals surface area contributed by atoms with E-state index in [-0.39, 0.29) is 12.6 Å². The lowest BCUT2D eigenvalue weighted by Gasteiger charge is -2.25. The first-order chi connectivity index (χ1) is 7.52. The van der Waals surface area contributed by atoms with Gasteiger partial charge in [-0.25, -0.2) is 4.98 Å². The number of nitrogens with zero attached hydrogens (tertiary/aromatic N) is 1. The van der Waals surface area contributed by atoms with Gasteiger partial charge in [0.15, 0.2) is 5.13 Å². The normalized spacial score (nSPS) is 29.2. The van der Waals surface area contributed by atoms with Crippen LogP contribution in [-0.4, -0.2) is 35.3 Å². The number of hydrogen-bond acceptors (Lipinski definition) is 5. The molecule has 0 spiro atoms. The molecule has 88 valence electrons. The Labute approximate surface area is 101 Å². The molecule has 1 saturated heterocycles. The summed E-state index contributed by atoms with van der Waals surface area (Å²) >= 11 is 7.04. The third-order valence-electron chi connectivity index (χ3n) is 2.72. The highest BCUT2D eigenvalue weighted by Gasteiger charge is 2.46. The second-order valence-electron chi connectivity index (χ2n) is 3.91. The molecule has 0 amide bonds. The van der Waals surface area contributed by atoms with E-state index in [1.807, 2.05) is 0 Å². The predicted octanol–water partition coefficient (Wildman–Crippen LogP) is 1.70. The fourth-order valence-corrected chi connectivity index (χ4v) is 2.45. The molecule has 0 saturated carbocycles. The number of carboxylic acids is 1. The molecule has 2 N–H and O–H groups in total. The average molecular weight is 263 g/mol. The van der Waals surface area contributed by atoms with E-state index in [4.69, 9.17) is 21.4 Å². The summed E-state index contributed by atoms with van der Waals surface area (Å²) in [6.07, 6.45) is 0. The fraction of sp³-hybridized carbons (Fsp3) is 0.556. The fourth-order valence-electron chi connectivity index (χ4n) is 1.55. The summed E-state index contributed by atoms with van der Waals surface area (Å²) in [4.78, 5) is 15.2. The van der Waals surface area contributed by atoms with E-state index in [1.165, 1.54) is 11.3 Å². The Hall–Kier alpha value is -0.850. The zero-order valence-corrected chi connectivity index (χ0v) is 10.1. The molecule has 0 bridgehead atoms. The summed E-state index contributed by atoms with van der Waals surface area (Å²) in [5.41, 5.74) is -0.919. The molecule has 5 nitrogen and oxygen atoms in total. The van der Waals surface area contributed by atoms with Gasteiger partial charge in [0.05, 0.1) is 19.3 Å². The van der Waals surface area contributed by atoms with Crippen LogP contribution in [0.5, 0.6) is 0 Å². The number of anilines is 1. The second-order valence-corrected chi connectivity index (χ2v) is 5.16. The van der Waals surface area contributed by atoms with Crippen molar-refractivity contribution >= 4 is 34.0 Å². The SMILES string of the molecule is CC1(C(=O)O)COCC1Nc1nc(Cl)cs1. The molecule has 1 aromatic heterocycles. The van der Waals surface area contributed by atoms with Gasteiger partial charge in [-0.2, -0.15) is 0 Å². The molecule has 2 rings (SSSR count). The third kappa shape index (κ3) is 2.00. The van der Waals surface area contributed by atoms with Crippen LogP contribution in [0.2, 0.25) is 5.15 Å². The minimum Gasteiger partial charge on any atom is -0.481 e. The van der Waals surface area contributed by atoms with Gasteiger partial charge in [0.1, 0.15) is 10.6 Å². The van der Waals surface area contributed by atoms with Crippen molar-refractivity contribution in [2.45, 2.75) is 13.0 Å². The lowest BCUT2D eigenvalue weighted by atomic mass is 9.85. The number of ether oxygens (including phenoxy) is 1. The number of aliphatic carboxylic acids is 1. The summed E-state index contributed by atoms with van der Waals surface area (Å²) in [7, 11) is 0. The number of carboxylic acid groups (broad SMARTS) is 1. The minimum atomic E-state index is -0.919. The zero-order chi connectivity index (χ0) is 11.8. The number of halogens is 1. The number of nitrogens with one attached hydrogen (secondary N) is 1. The monoisotopic (exact) mass is 262 g/mol.